The molecule has 0 bridgehead atoms. The van der Waals surface area contributed by atoms with Crippen molar-refractivity contribution in [2.75, 3.05) is 19.9 Å². The second-order valence-corrected chi connectivity index (χ2v) is 7.63. The van der Waals surface area contributed by atoms with Crippen LogP contribution in [-0.4, -0.2) is 25.7 Å². The van der Waals surface area contributed by atoms with Gasteiger partial charge in [-0.25, -0.2) is 0 Å². The molecule has 0 aromatic carbocycles. The van der Waals surface area contributed by atoms with E-state index in [0.29, 0.717) is 6.42 Å². The molecule has 0 fully saturated rings. The zero-order chi connectivity index (χ0) is 12.2. The van der Waals surface area contributed by atoms with Crippen LogP contribution in [0.5, 0.6) is 0 Å². The number of hydrogen-bond acceptors (Lipinski definition) is 4. The largest absolute Gasteiger partial charge is 0.332 e. The van der Waals surface area contributed by atoms with Gasteiger partial charge in [-0.15, -0.1) is 11.3 Å². The van der Waals surface area contributed by atoms with Crippen LogP contribution in [0.15, 0.2) is 11.4 Å². The summed E-state index contributed by atoms with van der Waals surface area (Å²) in [5.41, 5.74) is 1.23. The first kappa shape index (κ1) is 13.6. The van der Waals surface area contributed by atoms with Crippen LogP contribution in [0.1, 0.15) is 16.9 Å². The van der Waals surface area contributed by atoms with Gasteiger partial charge in [-0.2, -0.15) is 0 Å². The molecule has 16 heavy (non-hydrogen) atoms. The first-order valence-electron chi connectivity index (χ1n) is 5.11. The fourth-order valence-electron chi connectivity index (χ4n) is 1.38. The van der Waals surface area contributed by atoms with Crippen LogP contribution < -0.4 is 0 Å². The van der Waals surface area contributed by atoms with E-state index in [-0.39, 0.29) is 11.9 Å². The molecule has 1 aromatic heterocycles. The maximum Gasteiger partial charge on any atom is 0.207 e. The zero-order valence-corrected chi connectivity index (χ0v) is 11.6. The molecule has 0 N–H and O–H groups in total. The van der Waals surface area contributed by atoms with Gasteiger partial charge in [-0.05, 0) is 30.4 Å². The molecule has 90 valence electrons. The summed E-state index contributed by atoms with van der Waals surface area (Å²) < 4.78 is 16.4. The number of carbonyl (C=O) groups excluding carboxylic acids is 1. The van der Waals surface area contributed by atoms with Crippen LogP contribution in [-0.2, 0) is 20.3 Å². The summed E-state index contributed by atoms with van der Waals surface area (Å²) in [6.07, 6.45) is 1.24. The smallest absolute Gasteiger partial charge is 0.207 e. The minimum absolute atomic E-state index is 0.0143. The highest BCUT2D eigenvalue weighted by atomic mass is 32.1. The van der Waals surface area contributed by atoms with Crippen LogP contribution in [0.25, 0.3) is 0 Å². The summed E-state index contributed by atoms with van der Waals surface area (Å²) in [6.45, 7) is 3.54. The van der Waals surface area contributed by atoms with E-state index in [9.17, 15) is 9.36 Å². The molecular weight excluding hydrogens is 243 g/mol. The first-order valence-corrected chi connectivity index (χ1v) is 8.25. The van der Waals surface area contributed by atoms with Gasteiger partial charge in [0, 0.05) is 25.1 Å². The summed E-state index contributed by atoms with van der Waals surface area (Å²) in [4.78, 5) is 12.8. The van der Waals surface area contributed by atoms with Crippen LogP contribution in [0.3, 0.4) is 0 Å². The zero-order valence-electron chi connectivity index (χ0n) is 9.86. The second kappa shape index (κ2) is 5.76. The standard InChI is InChI=1S/C11H17O3PS/c1-9-6-7-16-11(9)5-4-10(12)8-15(3,13)14-2/h6-7H,4-5,8H2,1-3H3. The van der Waals surface area contributed by atoms with E-state index in [1.165, 1.54) is 24.2 Å². The average molecular weight is 260 g/mol. The number of carbonyl (C=O) groups is 1. The molecule has 0 aliphatic heterocycles. The fraction of sp³-hybridized carbons (Fsp3) is 0.545. The van der Waals surface area contributed by atoms with E-state index in [1.807, 2.05) is 18.4 Å². The predicted octanol–water partition coefficient (Wildman–Crippen LogP) is 3.11. The van der Waals surface area contributed by atoms with Crippen molar-refractivity contribution in [3.05, 3.63) is 21.9 Å². The Kier molecular flexibility index (Phi) is 4.90. The van der Waals surface area contributed by atoms with Crippen molar-refractivity contribution in [1.82, 2.24) is 0 Å². The Morgan fingerprint density at radius 3 is 2.75 bits per heavy atom. The molecule has 1 rings (SSSR count). The summed E-state index contributed by atoms with van der Waals surface area (Å²) in [5.74, 6) is 0.0143. The van der Waals surface area contributed by atoms with Crippen molar-refractivity contribution in [3.8, 4) is 0 Å². The normalized spacial score (nSPS) is 14.7. The van der Waals surface area contributed by atoms with Crippen molar-refractivity contribution in [3.63, 3.8) is 0 Å². The topological polar surface area (TPSA) is 43.4 Å². The molecule has 1 heterocycles. The molecule has 5 heteroatoms. The summed E-state index contributed by atoms with van der Waals surface area (Å²) in [5, 5.41) is 2.02. The molecule has 1 aromatic rings. The molecule has 3 nitrogen and oxygen atoms in total. The Balaban J connectivity index is 2.42. The maximum absolute atomic E-state index is 11.6. The lowest BCUT2D eigenvalue weighted by molar-refractivity contribution is -0.116. The Morgan fingerprint density at radius 2 is 2.25 bits per heavy atom. The monoisotopic (exact) mass is 260 g/mol. The Bertz CT molecular complexity index is 411. The third kappa shape index (κ3) is 4.20. The van der Waals surface area contributed by atoms with Crippen molar-refractivity contribution in [2.45, 2.75) is 19.8 Å². The van der Waals surface area contributed by atoms with Gasteiger partial charge in [0.25, 0.3) is 0 Å². The van der Waals surface area contributed by atoms with Crippen LogP contribution in [0, 0.1) is 6.92 Å². The van der Waals surface area contributed by atoms with Gasteiger partial charge in [0.05, 0.1) is 6.16 Å². The van der Waals surface area contributed by atoms with E-state index < -0.39 is 7.37 Å². The molecule has 1 atom stereocenters. The Labute approximate surface area is 100 Å². The van der Waals surface area contributed by atoms with Crippen molar-refractivity contribution in [1.29, 1.82) is 0 Å². The minimum Gasteiger partial charge on any atom is -0.332 e. The third-order valence-electron chi connectivity index (χ3n) is 2.45. The van der Waals surface area contributed by atoms with Crippen LogP contribution in [0.2, 0.25) is 0 Å². The van der Waals surface area contributed by atoms with Crippen molar-refractivity contribution < 1.29 is 13.9 Å². The fourth-order valence-corrected chi connectivity index (χ4v) is 3.22. The Morgan fingerprint density at radius 1 is 1.56 bits per heavy atom. The molecule has 0 aliphatic rings. The quantitative estimate of drug-likeness (QED) is 0.738. The lowest BCUT2D eigenvalue weighted by atomic mass is 10.1. The van der Waals surface area contributed by atoms with E-state index in [1.54, 1.807) is 11.3 Å². The van der Waals surface area contributed by atoms with E-state index >= 15 is 0 Å². The molecule has 0 amide bonds. The molecule has 0 radical (unpaired) electrons. The molecule has 0 aliphatic carbocycles. The molecule has 0 spiro atoms. The van der Waals surface area contributed by atoms with Gasteiger partial charge in [-0.1, -0.05) is 0 Å². The predicted molar refractivity (Wildman–Crippen MR) is 67.8 cm³/mol. The third-order valence-corrected chi connectivity index (χ3v) is 5.23. The van der Waals surface area contributed by atoms with Gasteiger partial charge in [0.15, 0.2) is 0 Å². The number of Topliss-reactive ketones (excluding diaryl/α,β-unsaturated/α-hetero) is 1. The lowest BCUT2D eigenvalue weighted by Gasteiger charge is -2.08. The number of thiophene rings is 1. The number of ketones is 1. The highest BCUT2D eigenvalue weighted by molar-refractivity contribution is 7.59. The molecule has 0 saturated heterocycles. The van der Waals surface area contributed by atoms with E-state index in [4.69, 9.17) is 4.52 Å². The van der Waals surface area contributed by atoms with Gasteiger partial charge in [-0.3, -0.25) is 9.36 Å². The molecule has 1 unspecified atom stereocenters. The van der Waals surface area contributed by atoms with Crippen molar-refractivity contribution >= 4 is 24.5 Å². The van der Waals surface area contributed by atoms with Crippen molar-refractivity contribution in [2.24, 2.45) is 0 Å². The van der Waals surface area contributed by atoms with Crippen LogP contribution in [0.4, 0.5) is 0 Å². The molecular formula is C11H17O3PS. The SMILES string of the molecule is COP(C)(=O)CC(=O)CCc1sccc1C. The summed E-state index contributed by atoms with van der Waals surface area (Å²) >= 11 is 1.66. The number of hydrogen-bond donors (Lipinski definition) is 0. The van der Waals surface area contributed by atoms with E-state index in [0.717, 1.165) is 6.42 Å². The number of aryl methyl sites for hydroxylation is 2. The second-order valence-electron chi connectivity index (χ2n) is 3.92. The number of rotatable bonds is 6. The Hall–Kier alpha value is -0.440. The summed E-state index contributed by atoms with van der Waals surface area (Å²) in [6, 6.07) is 2.05. The van der Waals surface area contributed by atoms with Crippen LogP contribution >= 0.6 is 18.7 Å². The highest BCUT2D eigenvalue weighted by Gasteiger charge is 2.19. The van der Waals surface area contributed by atoms with Gasteiger partial charge >= 0.3 is 0 Å². The van der Waals surface area contributed by atoms with Gasteiger partial charge in [0.2, 0.25) is 7.37 Å². The highest BCUT2D eigenvalue weighted by Crippen LogP contribution is 2.41. The summed E-state index contributed by atoms with van der Waals surface area (Å²) in [7, 11) is -1.31. The van der Waals surface area contributed by atoms with E-state index in [2.05, 4.69) is 0 Å². The lowest BCUT2D eigenvalue weighted by Crippen LogP contribution is -2.07. The first-order chi connectivity index (χ1) is 7.44. The average Bonchev–Trinajstić information content (AvgIpc) is 2.60. The van der Waals surface area contributed by atoms with Gasteiger partial charge < -0.3 is 4.52 Å². The van der Waals surface area contributed by atoms with Gasteiger partial charge in [0.1, 0.15) is 5.78 Å². The minimum atomic E-state index is -2.69. The maximum atomic E-state index is 11.6. The molecule has 0 saturated carbocycles.